The quantitative estimate of drug-likeness (QED) is 0.632. The number of hydrogen-bond donors (Lipinski definition) is 0. The van der Waals surface area contributed by atoms with Crippen LogP contribution >= 0.6 is 0 Å². The highest BCUT2D eigenvalue weighted by Crippen LogP contribution is 2.34. The van der Waals surface area contributed by atoms with Crippen LogP contribution in [0.15, 0.2) is 18.2 Å². The van der Waals surface area contributed by atoms with Gasteiger partial charge in [-0.2, -0.15) is 0 Å². The molecule has 4 aliphatic rings. The molecule has 3 atom stereocenters. The molecule has 9 nitrogen and oxygen atoms in total. The molecule has 5 rings (SSSR count). The van der Waals surface area contributed by atoms with Crippen LogP contribution in [0.1, 0.15) is 25.3 Å². The Balaban J connectivity index is 1.19. The molecule has 4 fully saturated rings. The maximum absolute atomic E-state index is 14.1. The lowest BCUT2D eigenvalue weighted by molar-refractivity contribution is -0.173. The van der Waals surface area contributed by atoms with Crippen LogP contribution in [0.5, 0.6) is 0 Å². The molecule has 178 valence electrons. The molecule has 4 heterocycles. The van der Waals surface area contributed by atoms with E-state index in [1.54, 1.807) is 11.0 Å². The molecule has 1 aromatic rings. The van der Waals surface area contributed by atoms with Crippen LogP contribution in [0, 0.1) is 17.7 Å². The summed E-state index contributed by atoms with van der Waals surface area (Å²) in [6.45, 7) is 7.52. The predicted octanol–water partition coefficient (Wildman–Crippen LogP) is 1.61. The molecule has 4 aliphatic heterocycles. The lowest BCUT2D eigenvalue weighted by atomic mass is 10.0. The highest BCUT2D eigenvalue weighted by Gasteiger charge is 2.43. The summed E-state index contributed by atoms with van der Waals surface area (Å²) in [6, 6.07) is 5.19. The van der Waals surface area contributed by atoms with Crippen LogP contribution in [0.3, 0.4) is 0 Å². The van der Waals surface area contributed by atoms with Crippen molar-refractivity contribution in [3.63, 3.8) is 0 Å². The number of ether oxygens (including phenoxy) is 1. The number of carbonyl (C=O) groups is 3. The smallest absolute Gasteiger partial charge is 0.377 e. The van der Waals surface area contributed by atoms with E-state index in [4.69, 9.17) is 9.57 Å². The number of benzene rings is 1. The average Bonchev–Trinajstić information content (AvgIpc) is 3.44. The molecule has 0 N–H and O–H groups in total. The third kappa shape index (κ3) is 4.41. The Morgan fingerprint density at radius 2 is 1.82 bits per heavy atom. The molecule has 33 heavy (non-hydrogen) atoms. The van der Waals surface area contributed by atoms with Gasteiger partial charge < -0.3 is 19.4 Å². The van der Waals surface area contributed by atoms with Crippen molar-refractivity contribution in [3.8, 4) is 0 Å². The van der Waals surface area contributed by atoms with Crippen molar-refractivity contribution < 1.29 is 28.3 Å². The number of rotatable bonds is 4. The van der Waals surface area contributed by atoms with Gasteiger partial charge in [-0.1, -0.05) is 6.07 Å². The summed E-state index contributed by atoms with van der Waals surface area (Å²) in [7, 11) is 0. The van der Waals surface area contributed by atoms with Gasteiger partial charge in [-0.15, -0.1) is 5.06 Å². The summed E-state index contributed by atoms with van der Waals surface area (Å²) in [5.74, 6) is -0.579. The second kappa shape index (κ2) is 8.90. The van der Waals surface area contributed by atoms with Gasteiger partial charge in [-0.25, -0.2) is 9.18 Å². The maximum atomic E-state index is 14.1. The fraction of sp³-hybridized carbons (Fsp3) is 0.609. The van der Waals surface area contributed by atoms with E-state index >= 15 is 0 Å². The normalized spacial score (nSPS) is 28.1. The maximum Gasteiger partial charge on any atom is 0.434 e. The van der Waals surface area contributed by atoms with Crippen LogP contribution in [0.25, 0.3) is 0 Å². The van der Waals surface area contributed by atoms with Gasteiger partial charge in [0.15, 0.2) is 0 Å². The summed E-state index contributed by atoms with van der Waals surface area (Å²) >= 11 is 0. The van der Waals surface area contributed by atoms with Gasteiger partial charge in [0.25, 0.3) is 11.8 Å². The molecule has 0 bridgehead atoms. The fourth-order valence-corrected chi connectivity index (χ4v) is 5.43. The highest BCUT2D eigenvalue weighted by atomic mass is 19.1. The molecular weight excluding hydrogens is 431 g/mol. The number of amides is 3. The number of imide groups is 1. The summed E-state index contributed by atoms with van der Waals surface area (Å²) in [4.78, 5) is 47.1. The minimum absolute atomic E-state index is 0.0843. The zero-order valence-electron chi connectivity index (χ0n) is 18.7. The van der Waals surface area contributed by atoms with Crippen molar-refractivity contribution in [2.75, 3.05) is 50.8 Å². The van der Waals surface area contributed by atoms with Gasteiger partial charge in [0.2, 0.25) is 0 Å². The molecule has 1 aromatic carbocycles. The number of morpholine rings is 1. The summed E-state index contributed by atoms with van der Waals surface area (Å²) < 4.78 is 19.6. The zero-order chi connectivity index (χ0) is 23.1. The summed E-state index contributed by atoms with van der Waals surface area (Å²) in [5, 5.41) is 0.603. The van der Waals surface area contributed by atoms with E-state index in [0.29, 0.717) is 49.7 Å². The first kappa shape index (κ1) is 22.1. The van der Waals surface area contributed by atoms with Gasteiger partial charge in [-0.05, 0) is 36.5 Å². The molecule has 0 spiro atoms. The van der Waals surface area contributed by atoms with Gasteiger partial charge in [0.05, 0.1) is 13.2 Å². The molecule has 10 heteroatoms. The Labute approximate surface area is 191 Å². The van der Waals surface area contributed by atoms with Crippen molar-refractivity contribution in [1.29, 1.82) is 0 Å². The number of anilines is 1. The number of fused-ring (bicyclic) bond motifs is 1. The second-order valence-corrected chi connectivity index (χ2v) is 9.45. The molecule has 4 saturated heterocycles. The van der Waals surface area contributed by atoms with E-state index in [2.05, 4.69) is 16.7 Å². The molecule has 3 unspecified atom stereocenters. The third-order valence-electron chi connectivity index (χ3n) is 7.11. The molecule has 0 radical (unpaired) electrons. The third-order valence-corrected chi connectivity index (χ3v) is 7.11. The van der Waals surface area contributed by atoms with E-state index < -0.39 is 17.9 Å². The van der Waals surface area contributed by atoms with Gasteiger partial charge in [0, 0.05) is 63.8 Å². The first-order chi connectivity index (χ1) is 15.9. The predicted molar refractivity (Wildman–Crippen MR) is 115 cm³/mol. The van der Waals surface area contributed by atoms with Crippen molar-refractivity contribution in [2.45, 2.75) is 32.4 Å². The lowest BCUT2D eigenvalue weighted by Crippen LogP contribution is -2.44. The molecule has 0 aliphatic carbocycles. The summed E-state index contributed by atoms with van der Waals surface area (Å²) in [5.41, 5.74) is 2.01. The van der Waals surface area contributed by atoms with Gasteiger partial charge in [0.1, 0.15) is 5.82 Å². The van der Waals surface area contributed by atoms with E-state index in [9.17, 15) is 18.8 Å². The monoisotopic (exact) mass is 460 g/mol. The van der Waals surface area contributed by atoms with E-state index in [1.807, 2.05) is 6.07 Å². The Hall–Kier alpha value is -2.72. The Kier molecular flexibility index (Phi) is 5.96. The fourth-order valence-electron chi connectivity index (χ4n) is 5.43. The molecular formula is C23H29FN4O5. The number of nitrogens with zero attached hydrogens (tertiary/aromatic N) is 4. The van der Waals surface area contributed by atoms with Crippen molar-refractivity contribution >= 4 is 23.6 Å². The number of carbonyl (C=O) groups excluding carboxylic acids is 3. The van der Waals surface area contributed by atoms with E-state index in [0.717, 1.165) is 30.9 Å². The van der Waals surface area contributed by atoms with E-state index in [-0.39, 0.29) is 24.7 Å². The van der Waals surface area contributed by atoms with Crippen molar-refractivity contribution in [2.24, 2.45) is 11.8 Å². The zero-order valence-corrected chi connectivity index (χ0v) is 18.7. The second-order valence-electron chi connectivity index (χ2n) is 9.45. The lowest BCUT2D eigenvalue weighted by Gasteiger charge is -2.37. The minimum Gasteiger partial charge on any atom is -0.377 e. The Morgan fingerprint density at radius 1 is 1.12 bits per heavy atom. The topological polar surface area (TPSA) is 82.6 Å². The van der Waals surface area contributed by atoms with Crippen molar-refractivity contribution in [3.05, 3.63) is 29.6 Å². The molecule has 0 saturated carbocycles. The van der Waals surface area contributed by atoms with Gasteiger partial charge in [-0.3, -0.25) is 14.5 Å². The highest BCUT2D eigenvalue weighted by molar-refractivity contribution is 6.01. The van der Waals surface area contributed by atoms with Crippen LogP contribution in [-0.4, -0.2) is 84.8 Å². The number of hydrogen-bond acceptors (Lipinski definition) is 7. The van der Waals surface area contributed by atoms with Gasteiger partial charge >= 0.3 is 6.09 Å². The Bertz CT molecular complexity index is 929. The van der Waals surface area contributed by atoms with Crippen LogP contribution in [0.4, 0.5) is 14.9 Å². The first-order valence-corrected chi connectivity index (χ1v) is 11.6. The average molecular weight is 461 g/mol. The molecule has 3 amide bonds. The number of hydroxylamine groups is 2. The standard InChI is InChI=1S/C23H29FN4O5/c1-15-14-32-7-6-27(15)20-8-19(24)3-2-16(20)9-25-10-17-12-26(13-18(17)11-25)23(31)33-28-21(29)4-5-22(28)30/h2-3,8,15,17-18H,4-7,9-14H2,1H3. The van der Waals surface area contributed by atoms with E-state index in [1.165, 1.54) is 6.07 Å². The summed E-state index contributed by atoms with van der Waals surface area (Å²) in [6.07, 6.45) is -0.469. The van der Waals surface area contributed by atoms with Crippen LogP contribution < -0.4 is 4.90 Å². The molecule has 0 aromatic heterocycles. The first-order valence-electron chi connectivity index (χ1n) is 11.6. The number of likely N-dealkylation sites (tertiary alicyclic amines) is 2. The Morgan fingerprint density at radius 3 is 2.48 bits per heavy atom. The SMILES string of the molecule is CC1COCCN1c1cc(F)ccc1CN1CC2CN(C(=O)ON3C(=O)CCC3=O)CC2C1. The number of halogens is 1. The van der Waals surface area contributed by atoms with Crippen LogP contribution in [0.2, 0.25) is 0 Å². The minimum atomic E-state index is -0.637. The largest absolute Gasteiger partial charge is 0.434 e. The van der Waals surface area contributed by atoms with Crippen LogP contribution in [-0.2, 0) is 25.7 Å². The van der Waals surface area contributed by atoms with Crippen molar-refractivity contribution in [1.82, 2.24) is 14.9 Å².